The zero-order valence-corrected chi connectivity index (χ0v) is 10.7. The highest BCUT2D eigenvalue weighted by Gasteiger charge is 2.35. The molecule has 0 saturated heterocycles. The molecular weight excluding hydrogens is 268 g/mol. The molecule has 1 aromatic carbocycles. The molecule has 0 spiro atoms. The number of halogens is 2. The van der Waals surface area contributed by atoms with Crippen molar-refractivity contribution in [1.29, 1.82) is 0 Å². The molecule has 1 fully saturated rings. The largest absolute Gasteiger partial charge is 0.481 e. The molecule has 2 atom stereocenters. The van der Waals surface area contributed by atoms with Crippen LogP contribution in [0, 0.1) is 23.5 Å². The van der Waals surface area contributed by atoms with E-state index in [1.807, 2.05) is 0 Å². The number of amides is 1. The van der Waals surface area contributed by atoms with Crippen molar-refractivity contribution in [1.82, 2.24) is 0 Å². The van der Waals surface area contributed by atoms with Crippen LogP contribution in [-0.4, -0.2) is 17.0 Å². The Morgan fingerprint density at radius 1 is 1.10 bits per heavy atom. The lowest BCUT2D eigenvalue weighted by atomic mass is 9.78. The summed E-state index contributed by atoms with van der Waals surface area (Å²) in [6, 6.07) is 3.04. The fourth-order valence-corrected chi connectivity index (χ4v) is 2.55. The Morgan fingerprint density at radius 2 is 1.75 bits per heavy atom. The zero-order valence-electron chi connectivity index (χ0n) is 10.7. The monoisotopic (exact) mass is 283 g/mol. The highest BCUT2D eigenvalue weighted by Crippen LogP contribution is 2.31. The average molecular weight is 283 g/mol. The Balaban J connectivity index is 2.09. The van der Waals surface area contributed by atoms with Crippen LogP contribution in [0.4, 0.5) is 14.5 Å². The number of anilines is 1. The van der Waals surface area contributed by atoms with Gasteiger partial charge in [-0.1, -0.05) is 12.8 Å². The fourth-order valence-electron chi connectivity index (χ4n) is 2.55. The number of nitrogens with one attached hydrogen (secondary N) is 1. The molecule has 1 aliphatic carbocycles. The standard InChI is InChI=1S/C14H15F2NO3/c15-11-6-5-8(7-12(11)16)17-13(18)9-3-1-2-4-10(9)14(19)20/h5-7,9-10H,1-4H2,(H,17,18)(H,19,20)/t9-,10-/m1/s1. The molecule has 0 aliphatic heterocycles. The Bertz CT molecular complexity index is 533. The van der Waals surface area contributed by atoms with E-state index >= 15 is 0 Å². The van der Waals surface area contributed by atoms with Crippen LogP contribution in [0.1, 0.15) is 25.7 Å². The molecule has 0 radical (unpaired) electrons. The molecule has 4 nitrogen and oxygen atoms in total. The summed E-state index contributed by atoms with van der Waals surface area (Å²) in [5, 5.41) is 11.6. The molecule has 1 aromatic rings. The van der Waals surface area contributed by atoms with Gasteiger partial charge in [0.1, 0.15) is 0 Å². The lowest BCUT2D eigenvalue weighted by Crippen LogP contribution is -2.36. The average Bonchev–Trinajstić information content (AvgIpc) is 2.43. The van der Waals surface area contributed by atoms with Crippen LogP contribution in [-0.2, 0) is 9.59 Å². The second-order valence-corrected chi connectivity index (χ2v) is 4.95. The van der Waals surface area contributed by atoms with Crippen LogP contribution in [0.2, 0.25) is 0 Å². The Kier molecular flexibility index (Phi) is 4.32. The second kappa shape index (κ2) is 5.98. The number of carboxylic acid groups (broad SMARTS) is 1. The number of hydrogen-bond donors (Lipinski definition) is 2. The van der Waals surface area contributed by atoms with Crippen molar-refractivity contribution in [2.75, 3.05) is 5.32 Å². The van der Waals surface area contributed by atoms with E-state index in [-0.39, 0.29) is 5.69 Å². The van der Waals surface area contributed by atoms with Crippen LogP contribution >= 0.6 is 0 Å². The van der Waals surface area contributed by atoms with Gasteiger partial charge in [-0.3, -0.25) is 9.59 Å². The number of aliphatic carboxylic acids is 1. The number of hydrogen-bond acceptors (Lipinski definition) is 2. The minimum absolute atomic E-state index is 0.128. The summed E-state index contributed by atoms with van der Waals surface area (Å²) in [4.78, 5) is 23.2. The van der Waals surface area contributed by atoms with E-state index in [9.17, 15) is 18.4 Å². The van der Waals surface area contributed by atoms with Crippen LogP contribution in [0.15, 0.2) is 18.2 Å². The van der Waals surface area contributed by atoms with Gasteiger partial charge in [-0.2, -0.15) is 0 Å². The van der Waals surface area contributed by atoms with Crippen LogP contribution < -0.4 is 5.32 Å². The quantitative estimate of drug-likeness (QED) is 0.896. The van der Waals surface area contributed by atoms with E-state index in [0.717, 1.165) is 25.0 Å². The van der Waals surface area contributed by atoms with Crippen molar-refractivity contribution in [3.8, 4) is 0 Å². The minimum atomic E-state index is -1.05. The summed E-state index contributed by atoms with van der Waals surface area (Å²) in [5.41, 5.74) is 0.128. The molecule has 1 aliphatic rings. The van der Waals surface area contributed by atoms with Crippen LogP contribution in [0.5, 0.6) is 0 Å². The SMILES string of the molecule is O=C(O)[C@@H]1CCCC[C@H]1C(=O)Nc1ccc(F)c(F)c1. The van der Waals surface area contributed by atoms with E-state index in [1.165, 1.54) is 6.07 Å². The van der Waals surface area contributed by atoms with E-state index in [1.54, 1.807) is 0 Å². The smallest absolute Gasteiger partial charge is 0.307 e. The van der Waals surface area contributed by atoms with E-state index < -0.39 is 35.3 Å². The second-order valence-electron chi connectivity index (χ2n) is 4.95. The molecule has 2 N–H and O–H groups in total. The molecule has 0 heterocycles. The number of carboxylic acids is 1. The number of carbonyl (C=O) groups excluding carboxylic acids is 1. The van der Waals surface area contributed by atoms with Gasteiger partial charge in [0.15, 0.2) is 11.6 Å². The molecule has 108 valence electrons. The first-order valence-electron chi connectivity index (χ1n) is 6.48. The summed E-state index contributed by atoms with van der Waals surface area (Å²) < 4.78 is 25.8. The fraction of sp³-hybridized carbons (Fsp3) is 0.429. The molecule has 6 heteroatoms. The molecule has 2 rings (SSSR count). The summed E-state index contributed by atoms with van der Waals surface area (Å²) >= 11 is 0. The van der Waals surface area contributed by atoms with E-state index in [2.05, 4.69) is 5.32 Å². The summed E-state index contributed by atoms with van der Waals surface area (Å²) in [6.45, 7) is 0. The van der Waals surface area contributed by atoms with E-state index in [0.29, 0.717) is 12.8 Å². The molecule has 0 unspecified atom stereocenters. The minimum Gasteiger partial charge on any atom is -0.481 e. The first-order valence-corrected chi connectivity index (χ1v) is 6.48. The van der Waals surface area contributed by atoms with Gasteiger partial charge < -0.3 is 10.4 Å². The lowest BCUT2D eigenvalue weighted by molar-refractivity contribution is -0.147. The normalized spacial score (nSPS) is 22.3. The highest BCUT2D eigenvalue weighted by molar-refractivity contribution is 5.95. The van der Waals surface area contributed by atoms with Crippen LogP contribution in [0.3, 0.4) is 0 Å². The third-order valence-electron chi connectivity index (χ3n) is 3.61. The van der Waals surface area contributed by atoms with Gasteiger partial charge in [-0.25, -0.2) is 8.78 Å². The van der Waals surface area contributed by atoms with Gasteiger partial charge >= 0.3 is 5.97 Å². The zero-order chi connectivity index (χ0) is 14.7. The predicted molar refractivity (Wildman–Crippen MR) is 68.1 cm³/mol. The number of carbonyl (C=O) groups is 2. The highest BCUT2D eigenvalue weighted by atomic mass is 19.2. The molecule has 0 aromatic heterocycles. The van der Waals surface area contributed by atoms with Crippen molar-refractivity contribution < 1.29 is 23.5 Å². The van der Waals surface area contributed by atoms with Crippen molar-refractivity contribution in [2.45, 2.75) is 25.7 Å². The van der Waals surface area contributed by atoms with Crippen molar-refractivity contribution in [3.05, 3.63) is 29.8 Å². The van der Waals surface area contributed by atoms with Gasteiger partial charge in [-0.15, -0.1) is 0 Å². The Hall–Kier alpha value is -1.98. The predicted octanol–water partition coefficient (Wildman–Crippen LogP) is 2.79. The van der Waals surface area contributed by atoms with Gasteiger partial charge in [-0.05, 0) is 25.0 Å². The maximum atomic E-state index is 13.1. The Labute approximate surface area is 114 Å². The first-order chi connectivity index (χ1) is 9.49. The lowest BCUT2D eigenvalue weighted by Gasteiger charge is -2.27. The summed E-state index contributed by atoms with van der Waals surface area (Å²) in [6.07, 6.45) is 2.53. The van der Waals surface area contributed by atoms with Crippen LogP contribution in [0.25, 0.3) is 0 Å². The number of rotatable bonds is 3. The summed E-state index contributed by atoms with van der Waals surface area (Å²) in [5.74, 6) is -4.84. The maximum Gasteiger partial charge on any atom is 0.307 e. The third-order valence-corrected chi connectivity index (χ3v) is 3.61. The summed E-state index contributed by atoms with van der Waals surface area (Å²) in [7, 11) is 0. The van der Waals surface area contributed by atoms with Gasteiger partial charge in [0, 0.05) is 11.8 Å². The van der Waals surface area contributed by atoms with Crippen molar-refractivity contribution in [2.24, 2.45) is 11.8 Å². The Morgan fingerprint density at radius 3 is 2.35 bits per heavy atom. The van der Waals surface area contributed by atoms with Gasteiger partial charge in [0.2, 0.25) is 5.91 Å². The number of benzene rings is 1. The van der Waals surface area contributed by atoms with Crippen molar-refractivity contribution >= 4 is 17.6 Å². The molecule has 20 heavy (non-hydrogen) atoms. The first kappa shape index (κ1) is 14.4. The third kappa shape index (κ3) is 3.12. The van der Waals surface area contributed by atoms with Crippen molar-refractivity contribution in [3.63, 3.8) is 0 Å². The van der Waals surface area contributed by atoms with E-state index in [4.69, 9.17) is 5.11 Å². The molecule has 0 bridgehead atoms. The molecule has 1 amide bonds. The van der Waals surface area contributed by atoms with Gasteiger partial charge in [0.05, 0.1) is 11.8 Å². The van der Waals surface area contributed by atoms with Gasteiger partial charge in [0.25, 0.3) is 0 Å². The molecule has 1 saturated carbocycles. The molecular formula is C14H15F2NO3. The topological polar surface area (TPSA) is 66.4 Å². The maximum absolute atomic E-state index is 13.1.